The van der Waals surface area contributed by atoms with Gasteiger partial charge in [0, 0.05) is 16.4 Å². The van der Waals surface area contributed by atoms with Crippen LogP contribution >= 0.6 is 39.1 Å². The Hall–Kier alpha value is -2.48. The predicted octanol–water partition coefficient (Wildman–Crippen LogP) is 5.62. The summed E-state index contributed by atoms with van der Waals surface area (Å²) < 4.78 is 11.0. The summed E-state index contributed by atoms with van der Waals surface area (Å²) in [6.45, 7) is -0.215. The first-order valence-corrected chi connectivity index (χ1v) is 9.50. The van der Waals surface area contributed by atoms with Gasteiger partial charge in [-0.2, -0.15) is 0 Å². The van der Waals surface area contributed by atoms with E-state index in [0.717, 1.165) is 0 Å². The fourth-order valence-corrected chi connectivity index (χ4v) is 2.97. The van der Waals surface area contributed by atoms with E-state index >= 15 is 0 Å². The summed E-state index contributed by atoms with van der Waals surface area (Å²) in [5.41, 5.74) is 1.11. The van der Waals surface area contributed by atoms with Gasteiger partial charge in [-0.15, -0.1) is 0 Å². The van der Waals surface area contributed by atoms with Crippen molar-refractivity contribution in [3.63, 3.8) is 0 Å². The monoisotopic (exact) mass is 482 g/mol. The summed E-state index contributed by atoms with van der Waals surface area (Å²) in [4.78, 5) is 24.0. The molecule has 9 heteroatoms. The van der Waals surface area contributed by atoms with E-state index < -0.39 is 0 Å². The summed E-state index contributed by atoms with van der Waals surface area (Å²) in [6.07, 6.45) is 0. The number of hydrogen-bond acceptors (Lipinski definition) is 4. The summed E-state index contributed by atoms with van der Waals surface area (Å²) in [5, 5.41) is 6.18. The molecule has 1 aromatic heterocycles. The molecule has 0 bridgehead atoms. The average Bonchev–Trinajstić information content (AvgIpc) is 3.09. The van der Waals surface area contributed by atoms with Crippen LogP contribution in [-0.2, 0) is 4.79 Å². The largest absolute Gasteiger partial charge is 0.482 e. The smallest absolute Gasteiger partial charge is 0.291 e. The lowest BCUT2D eigenvalue weighted by atomic mass is 10.2. The van der Waals surface area contributed by atoms with Gasteiger partial charge in [-0.3, -0.25) is 9.59 Å². The number of halogens is 3. The van der Waals surface area contributed by atoms with Crippen molar-refractivity contribution in [1.82, 2.24) is 0 Å². The Balaban J connectivity index is 1.52. The SMILES string of the molecule is O=C(COc1ccc(Cl)cc1Cl)Nc1ccc(NC(=O)c2ccc(Br)o2)cc1. The molecule has 2 aromatic carbocycles. The van der Waals surface area contributed by atoms with Gasteiger partial charge in [-0.1, -0.05) is 23.2 Å². The second-order valence-corrected chi connectivity index (χ2v) is 7.17. The van der Waals surface area contributed by atoms with Crippen LogP contribution in [0.25, 0.3) is 0 Å². The number of benzene rings is 2. The van der Waals surface area contributed by atoms with Crippen molar-refractivity contribution in [1.29, 1.82) is 0 Å². The van der Waals surface area contributed by atoms with Crippen LogP contribution in [0.4, 0.5) is 11.4 Å². The van der Waals surface area contributed by atoms with Gasteiger partial charge in [0.2, 0.25) is 0 Å². The highest BCUT2D eigenvalue weighted by molar-refractivity contribution is 9.10. The first-order chi connectivity index (χ1) is 13.4. The summed E-state index contributed by atoms with van der Waals surface area (Å²) in [7, 11) is 0. The highest BCUT2D eigenvalue weighted by atomic mass is 79.9. The lowest BCUT2D eigenvalue weighted by molar-refractivity contribution is -0.118. The molecule has 0 saturated carbocycles. The maximum Gasteiger partial charge on any atom is 0.291 e. The van der Waals surface area contributed by atoms with Gasteiger partial charge in [0.1, 0.15) is 5.75 Å². The number of hydrogen-bond donors (Lipinski definition) is 2. The third-order valence-corrected chi connectivity index (χ3v) is 4.43. The molecule has 144 valence electrons. The second-order valence-electron chi connectivity index (χ2n) is 5.55. The molecule has 2 N–H and O–H groups in total. The number of rotatable bonds is 6. The van der Waals surface area contributed by atoms with Crippen LogP contribution in [0.5, 0.6) is 5.75 Å². The molecule has 0 spiro atoms. The van der Waals surface area contributed by atoms with Crippen LogP contribution in [0.2, 0.25) is 10.0 Å². The number of nitrogens with one attached hydrogen (secondary N) is 2. The number of carbonyl (C=O) groups excluding carboxylic acids is 2. The number of furan rings is 1. The van der Waals surface area contributed by atoms with Gasteiger partial charge in [-0.25, -0.2) is 0 Å². The standard InChI is InChI=1S/C19H13BrCl2N2O4/c20-17-8-7-16(28-17)19(26)24-13-4-2-12(3-5-13)23-18(25)10-27-15-6-1-11(21)9-14(15)22/h1-9H,10H2,(H,23,25)(H,24,26). The Morgan fingerprint density at radius 3 is 2.25 bits per heavy atom. The van der Waals surface area contributed by atoms with Crippen molar-refractivity contribution < 1.29 is 18.7 Å². The topological polar surface area (TPSA) is 80.6 Å². The van der Waals surface area contributed by atoms with E-state index in [2.05, 4.69) is 26.6 Å². The van der Waals surface area contributed by atoms with Crippen LogP contribution in [0.3, 0.4) is 0 Å². The third kappa shape index (κ3) is 5.51. The van der Waals surface area contributed by atoms with Crippen molar-refractivity contribution in [2.75, 3.05) is 17.2 Å². The molecule has 0 aliphatic heterocycles. The zero-order chi connectivity index (χ0) is 20.1. The van der Waals surface area contributed by atoms with Gasteiger partial charge in [0.05, 0.1) is 5.02 Å². The first kappa shape index (κ1) is 20.3. The fraction of sp³-hybridized carbons (Fsp3) is 0.0526. The molecule has 0 unspecified atom stereocenters. The molecule has 6 nitrogen and oxygen atoms in total. The third-order valence-electron chi connectivity index (χ3n) is 3.48. The van der Waals surface area contributed by atoms with Crippen molar-refractivity contribution in [3.8, 4) is 5.75 Å². The molecule has 3 rings (SSSR count). The lowest BCUT2D eigenvalue weighted by Crippen LogP contribution is -2.20. The number of amides is 2. The summed E-state index contributed by atoms with van der Waals surface area (Å²) >= 11 is 14.9. The van der Waals surface area contributed by atoms with Crippen LogP contribution in [0, 0.1) is 0 Å². The van der Waals surface area contributed by atoms with Gasteiger partial charge in [-0.05, 0) is 70.5 Å². The van der Waals surface area contributed by atoms with Gasteiger partial charge < -0.3 is 19.8 Å². The van der Waals surface area contributed by atoms with Gasteiger partial charge in [0.15, 0.2) is 17.0 Å². The van der Waals surface area contributed by atoms with Crippen LogP contribution in [0.15, 0.2) is 63.7 Å². The second kappa shape index (κ2) is 9.14. The van der Waals surface area contributed by atoms with Gasteiger partial charge >= 0.3 is 0 Å². The minimum absolute atomic E-state index is 0.183. The molecular formula is C19H13BrCl2N2O4. The Morgan fingerprint density at radius 2 is 1.64 bits per heavy atom. The predicted molar refractivity (Wildman–Crippen MR) is 111 cm³/mol. The molecule has 0 fully saturated rings. The zero-order valence-corrected chi connectivity index (χ0v) is 17.3. The van der Waals surface area contributed by atoms with E-state index in [9.17, 15) is 9.59 Å². The molecule has 3 aromatic rings. The zero-order valence-electron chi connectivity index (χ0n) is 14.2. The minimum atomic E-state index is -0.379. The Labute approximate surface area is 178 Å². The number of carbonyl (C=O) groups is 2. The molecule has 0 saturated heterocycles. The highest BCUT2D eigenvalue weighted by Gasteiger charge is 2.11. The van der Waals surface area contributed by atoms with Crippen molar-refractivity contribution in [3.05, 3.63) is 75.1 Å². The molecule has 2 amide bonds. The van der Waals surface area contributed by atoms with Crippen molar-refractivity contribution in [2.45, 2.75) is 0 Å². The number of ether oxygens (including phenoxy) is 1. The molecule has 0 aliphatic rings. The molecular weight excluding hydrogens is 471 g/mol. The van der Waals surface area contributed by atoms with Crippen LogP contribution in [-0.4, -0.2) is 18.4 Å². The van der Waals surface area contributed by atoms with Crippen molar-refractivity contribution in [2.24, 2.45) is 0 Å². The Morgan fingerprint density at radius 1 is 0.964 bits per heavy atom. The average molecular weight is 484 g/mol. The summed E-state index contributed by atoms with van der Waals surface area (Å²) in [6, 6.07) is 14.5. The molecule has 1 heterocycles. The molecule has 28 heavy (non-hydrogen) atoms. The van der Waals surface area contributed by atoms with E-state index in [1.165, 1.54) is 6.07 Å². The molecule has 0 radical (unpaired) electrons. The maximum atomic E-state index is 12.0. The Kier molecular flexibility index (Phi) is 6.61. The van der Waals surface area contributed by atoms with E-state index in [-0.39, 0.29) is 24.2 Å². The highest BCUT2D eigenvalue weighted by Crippen LogP contribution is 2.27. The minimum Gasteiger partial charge on any atom is -0.482 e. The normalized spacial score (nSPS) is 10.4. The Bertz CT molecular complexity index is 1010. The van der Waals surface area contributed by atoms with E-state index in [1.54, 1.807) is 48.5 Å². The van der Waals surface area contributed by atoms with Crippen molar-refractivity contribution >= 4 is 62.3 Å². The quantitative estimate of drug-likeness (QED) is 0.476. The van der Waals surface area contributed by atoms with E-state index in [1.807, 2.05) is 0 Å². The van der Waals surface area contributed by atoms with Crippen LogP contribution < -0.4 is 15.4 Å². The maximum absolute atomic E-state index is 12.0. The molecule has 0 atom stereocenters. The first-order valence-electron chi connectivity index (χ1n) is 7.95. The lowest BCUT2D eigenvalue weighted by Gasteiger charge is -2.10. The van der Waals surface area contributed by atoms with E-state index in [0.29, 0.717) is 31.8 Å². The van der Waals surface area contributed by atoms with E-state index in [4.69, 9.17) is 32.4 Å². The number of anilines is 2. The summed E-state index contributed by atoms with van der Waals surface area (Å²) in [5.74, 6) is -0.190. The fourth-order valence-electron chi connectivity index (χ4n) is 2.20. The van der Waals surface area contributed by atoms with Gasteiger partial charge in [0.25, 0.3) is 11.8 Å². The van der Waals surface area contributed by atoms with Crippen LogP contribution in [0.1, 0.15) is 10.6 Å². The molecule has 0 aliphatic carbocycles.